The second kappa shape index (κ2) is 5.37. The minimum atomic E-state index is 0.367. The van der Waals surface area contributed by atoms with Crippen LogP contribution in [0.1, 0.15) is 5.69 Å². The van der Waals surface area contributed by atoms with Crippen molar-refractivity contribution in [2.24, 2.45) is 5.73 Å². The molecule has 2 heterocycles. The van der Waals surface area contributed by atoms with Gasteiger partial charge in [-0.3, -0.25) is 0 Å². The SMILES string of the molecule is NCc1c(-c2ccc(Cl)cc2Cl)nc2c(Br)cccn12. The Hall–Kier alpha value is -1.07. The Morgan fingerprint density at radius 2 is 2.05 bits per heavy atom. The van der Waals surface area contributed by atoms with Crippen LogP contribution in [0.4, 0.5) is 0 Å². The molecule has 0 aliphatic carbocycles. The number of halogens is 3. The van der Waals surface area contributed by atoms with Gasteiger partial charge in [-0.15, -0.1) is 0 Å². The van der Waals surface area contributed by atoms with Crippen LogP contribution in [-0.2, 0) is 6.54 Å². The normalized spacial score (nSPS) is 11.2. The Kier molecular flexibility index (Phi) is 3.73. The number of benzene rings is 1. The molecule has 0 bridgehead atoms. The lowest BCUT2D eigenvalue weighted by atomic mass is 10.1. The fraction of sp³-hybridized carbons (Fsp3) is 0.0714. The van der Waals surface area contributed by atoms with Crippen molar-refractivity contribution in [2.75, 3.05) is 0 Å². The first-order valence-corrected chi connectivity index (χ1v) is 7.47. The first-order valence-electron chi connectivity index (χ1n) is 5.92. The molecule has 0 spiro atoms. The first kappa shape index (κ1) is 13.9. The highest BCUT2D eigenvalue weighted by Crippen LogP contribution is 2.33. The van der Waals surface area contributed by atoms with Crippen molar-refractivity contribution < 1.29 is 0 Å². The second-order valence-corrected chi connectivity index (χ2v) is 5.98. The predicted octanol–water partition coefficient (Wildman–Crippen LogP) is 4.53. The molecule has 3 nitrogen and oxygen atoms in total. The lowest BCUT2D eigenvalue weighted by molar-refractivity contribution is 0.960. The smallest absolute Gasteiger partial charge is 0.152 e. The Labute approximate surface area is 134 Å². The van der Waals surface area contributed by atoms with Crippen molar-refractivity contribution >= 4 is 44.8 Å². The number of hydrogen-bond acceptors (Lipinski definition) is 2. The van der Waals surface area contributed by atoms with E-state index in [9.17, 15) is 0 Å². The number of imidazole rings is 1. The number of rotatable bonds is 2. The van der Waals surface area contributed by atoms with Gasteiger partial charge in [0.05, 0.1) is 20.9 Å². The zero-order valence-corrected chi connectivity index (χ0v) is 13.4. The van der Waals surface area contributed by atoms with Crippen LogP contribution in [0.3, 0.4) is 0 Å². The van der Waals surface area contributed by atoms with Gasteiger partial charge in [0, 0.05) is 23.3 Å². The Morgan fingerprint density at radius 3 is 2.75 bits per heavy atom. The molecule has 0 aliphatic heterocycles. The van der Waals surface area contributed by atoms with Gasteiger partial charge in [0.25, 0.3) is 0 Å². The van der Waals surface area contributed by atoms with Gasteiger partial charge in [-0.05, 0) is 46.3 Å². The molecule has 20 heavy (non-hydrogen) atoms. The molecule has 3 rings (SSSR count). The molecule has 0 saturated carbocycles. The van der Waals surface area contributed by atoms with Crippen molar-refractivity contribution in [2.45, 2.75) is 6.54 Å². The molecule has 3 aromatic rings. The van der Waals surface area contributed by atoms with E-state index in [4.69, 9.17) is 28.9 Å². The van der Waals surface area contributed by atoms with Gasteiger partial charge in [-0.25, -0.2) is 4.98 Å². The molecule has 0 fully saturated rings. The van der Waals surface area contributed by atoms with Crippen LogP contribution >= 0.6 is 39.1 Å². The number of nitrogens with zero attached hydrogens (tertiary/aromatic N) is 2. The maximum absolute atomic E-state index is 6.27. The topological polar surface area (TPSA) is 43.3 Å². The standard InChI is InChI=1S/C14H10BrCl2N3/c15-10-2-1-5-20-12(7-18)13(19-14(10)20)9-4-3-8(16)6-11(9)17/h1-6H,7,18H2. The van der Waals surface area contributed by atoms with Crippen LogP contribution in [0.2, 0.25) is 10.0 Å². The van der Waals surface area contributed by atoms with Gasteiger partial charge in [0.15, 0.2) is 5.65 Å². The summed E-state index contributed by atoms with van der Waals surface area (Å²) in [4.78, 5) is 4.65. The minimum absolute atomic E-state index is 0.367. The summed E-state index contributed by atoms with van der Waals surface area (Å²) in [5.41, 5.74) is 9.21. The van der Waals surface area contributed by atoms with Gasteiger partial charge < -0.3 is 10.1 Å². The molecule has 1 aromatic carbocycles. The Bertz CT molecular complexity index is 798. The Balaban J connectivity index is 2.33. The summed E-state index contributed by atoms with van der Waals surface area (Å²) in [5, 5.41) is 1.16. The molecule has 0 atom stereocenters. The van der Waals surface area contributed by atoms with Crippen molar-refractivity contribution in [3.8, 4) is 11.3 Å². The van der Waals surface area contributed by atoms with E-state index in [1.807, 2.05) is 28.8 Å². The summed E-state index contributed by atoms with van der Waals surface area (Å²) in [7, 11) is 0. The minimum Gasteiger partial charge on any atom is -0.325 e. The average Bonchev–Trinajstić information content (AvgIpc) is 2.78. The third kappa shape index (κ3) is 2.23. The monoisotopic (exact) mass is 369 g/mol. The summed E-state index contributed by atoms with van der Waals surface area (Å²) < 4.78 is 2.87. The Morgan fingerprint density at radius 1 is 1.25 bits per heavy atom. The molecule has 0 aliphatic rings. The van der Waals surface area contributed by atoms with E-state index < -0.39 is 0 Å². The van der Waals surface area contributed by atoms with E-state index in [1.165, 1.54) is 0 Å². The van der Waals surface area contributed by atoms with Crippen LogP contribution in [0.15, 0.2) is 41.0 Å². The molecule has 0 radical (unpaired) electrons. The number of hydrogen-bond donors (Lipinski definition) is 1. The molecule has 0 amide bonds. The number of nitrogens with two attached hydrogens (primary N) is 1. The lowest BCUT2D eigenvalue weighted by Gasteiger charge is -2.05. The number of pyridine rings is 1. The predicted molar refractivity (Wildman–Crippen MR) is 86.2 cm³/mol. The largest absolute Gasteiger partial charge is 0.325 e. The quantitative estimate of drug-likeness (QED) is 0.720. The zero-order valence-electron chi connectivity index (χ0n) is 10.3. The van der Waals surface area contributed by atoms with E-state index in [0.717, 1.165) is 27.1 Å². The maximum Gasteiger partial charge on any atom is 0.152 e. The summed E-state index contributed by atoms with van der Waals surface area (Å²) >= 11 is 15.7. The molecule has 2 aromatic heterocycles. The summed E-state index contributed by atoms with van der Waals surface area (Å²) in [6, 6.07) is 9.24. The van der Waals surface area contributed by atoms with Crippen LogP contribution in [0.5, 0.6) is 0 Å². The van der Waals surface area contributed by atoms with Gasteiger partial charge in [-0.2, -0.15) is 0 Å². The van der Waals surface area contributed by atoms with Crippen LogP contribution in [0, 0.1) is 0 Å². The lowest BCUT2D eigenvalue weighted by Crippen LogP contribution is -2.02. The highest BCUT2D eigenvalue weighted by molar-refractivity contribution is 9.10. The third-order valence-electron chi connectivity index (χ3n) is 3.08. The molecule has 0 saturated heterocycles. The average molecular weight is 371 g/mol. The third-order valence-corrected chi connectivity index (χ3v) is 4.25. The van der Waals surface area contributed by atoms with E-state index in [2.05, 4.69) is 20.9 Å². The molecule has 2 N–H and O–H groups in total. The molecule has 6 heteroatoms. The van der Waals surface area contributed by atoms with Crippen molar-refractivity contribution in [3.63, 3.8) is 0 Å². The van der Waals surface area contributed by atoms with Crippen molar-refractivity contribution in [3.05, 3.63) is 56.7 Å². The molecular formula is C14H10BrCl2N3. The van der Waals surface area contributed by atoms with E-state index in [-0.39, 0.29) is 0 Å². The van der Waals surface area contributed by atoms with Crippen LogP contribution < -0.4 is 5.73 Å². The van der Waals surface area contributed by atoms with Crippen LogP contribution in [-0.4, -0.2) is 9.38 Å². The van der Waals surface area contributed by atoms with E-state index in [1.54, 1.807) is 12.1 Å². The maximum atomic E-state index is 6.27. The van der Waals surface area contributed by atoms with Crippen LogP contribution in [0.25, 0.3) is 16.9 Å². The first-order chi connectivity index (χ1) is 9.61. The number of fused-ring (bicyclic) bond motifs is 1. The molecule has 102 valence electrons. The molecule has 0 unspecified atom stereocenters. The van der Waals surface area contributed by atoms with E-state index >= 15 is 0 Å². The summed E-state index contributed by atoms with van der Waals surface area (Å²) in [5.74, 6) is 0. The summed E-state index contributed by atoms with van der Waals surface area (Å²) in [6.45, 7) is 0.367. The fourth-order valence-electron chi connectivity index (χ4n) is 2.18. The highest BCUT2D eigenvalue weighted by atomic mass is 79.9. The zero-order chi connectivity index (χ0) is 14.3. The van der Waals surface area contributed by atoms with Crippen molar-refractivity contribution in [1.29, 1.82) is 0 Å². The van der Waals surface area contributed by atoms with Gasteiger partial charge in [0.1, 0.15) is 0 Å². The van der Waals surface area contributed by atoms with E-state index in [0.29, 0.717) is 16.6 Å². The number of aromatic nitrogens is 2. The summed E-state index contributed by atoms with van der Waals surface area (Å²) in [6.07, 6.45) is 1.93. The van der Waals surface area contributed by atoms with Crippen molar-refractivity contribution in [1.82, 2.24) is 9.38 Å². The van der Waals surface area contributed by atoms with Gasteiger partial charge in [0.2, 0.25) is 0 Å². The highest BCUT2D eigenvalue weighted by Gasteiger charge is 2.16. The second-order valence-electron chi connectivity index (χ2n) is 4.29. The van der Waals surface area contributed by atoms with Gasteiger partial charge in [-0.1, -0.05) is 23.2 Å². The fourth-order valence-corrected chi connectivity index (χ4v) is 3.11. The van der Waals surface area contributed by atoms with Gasteiger partial charge >= 0.3 is 0 Å². The molecular weight excluding hydrogens is 361 g/mol.